The van der Waals surface area contributed by atoms with Crippen LogP contribution in [0.1, 0.15) is 50.6 Å². The number of carbonyl (C=O) groups is 1. The summed E-state index contributed by atoms with van der Waals surface area (Å²) >= 11 is 0. The number of nitrogens with zero attached hydrogens (tertiary/aromatic N) is 1. The third kappa shape index (κ3) is 3.60. The maximum absolute atomic E-state index is 11.6. The van der Waals surface area contributed by atoms with Gasteiger partial charge in [-0.25, -0.2) is 0 Å². The van der Waals surface area contributed by atoms with Gasteiger partial charge in [0.2, 0.25) is 5.91 Å². The van der Waals surface area contributed by atoms with Crippen LogP contribution in [0, 0.1) is 0 Å². The molecule has 3 N–H and O–H groups in total. The molecule has 0 bridgehead atoms. The first kappa shape index (κ1) is 17.8. The van der Waals surface area contributed by atoms with E-state index >= 15 is 0 Å². The van der Waals surface area contributed by atoms with Gasteiger partial charge in [0, 0.05) is 52.1 Å². The van der Waals surface area contributed by atoms with Crippen molar-refractivity contribution in [3.05, 3.63) is 29.8 Å². The number of hydrogen-bond acceptors (Lipinski definition) is 2. The fraction of sp³-hybridized carbons (Fsp3) is 0.667. The number of quaternary nitrogens is 2. The van der Waals surface area contributed by atoms with Gasteiger partial charge >= 0.3 is 0 Å². The zero-order chi connectivity index (χ0) is 18.1. The molecule has 26 heavy (non-hydrogen) atoms. The van der Waals surface area contributed by atoms with Gasteiger partial charge in [-0.15, -0.1) is 0 Å². The molecule has 5 nitrogen and oxygen atoms in total. The Labute approximate surface area is 156 Å². The molecular formula is C21H33N3O2+2. The van der Waals surface area contributed by atoms with Crippen molar-refractivity contribution in [3.8, 4) is 5.75 Å². The van der Waals surface area contributed by atoms with E-state index in [-0.39, 0.29) is 11.5 Å². The van der Waals surface area contributed by atoms with E-state index in [1.807, 2.05) is 4.90 Å². The second-order valence-corrected chi connectivity index (χ2v) is 8.63. The smallest absolute Gasteiger partial charge is 0.219 e. The summed E-state index contributed by atoms with van der Waals surface area (Å²) in [4.78, 5) is 15.2. The number of para-hydroxylation sites is 1. The molecule has 4 rings (SSSR count). The highest BCUT2D eigenvalue weighted by Crippen LogP contribution is 2.41. The van der Waals surface area contributed by atoms with Gasteiger partial charge < -0.3 is 19.9 Å². The van der Waals surface area contributed by atoms with Crippen LogP contribution < -0.4 is 15.0 Å². The second kappa shape index (κ2) is 7.20. The average Bonchev–Trinajstić information content (AvgIpc) is 2.65. The molecule has 142 valence electrons. The minimum Gasteiger partial charge on any atom is -0.486 e. The van der Waals surface area contributed by atoms with Crippen LogP contribution in [-0.2, 0) is 4.79 Å². The van der Waals surface area contributed by atoms with Crippen molar-refractivity contribution in [1.29, 1.82) is 0 Å². The summed E-state index contributed by atoms with van der Waals surface area (Å²) < 4.78 is 6.59. The number of nitrogens with one attached hydrogen (secondary N) is 1. The van der Waals surface area contributed by atoms with Crippen LogP contribution in [0.2, 0.25) is 0 Å². The number of likely N-dealkylation sites (tertiary alicyclic amines) is 2. The molecule has 2 fully saturated rings. The van der Waals surface area contributed by atoms with E-state index in [2.05, 4.69) is 36.6 Å². The minimum absolute atomic E-state index is 0.0229. The number of hydrogen-bond donors (Lipinski definition) is 2. The highest BCUT2D eigenvalue weighted by atomic mass is 16.5. The Bertz CT molecular complexity index is 646. The summed E-state index contributed by atoms with van der Waals surface area (Å²) in [5.74, 6) is 1.31. The van der Waals surface area contributed by atoms with Gasteiger partial charge in [0.1, 0.15) is 17.4 Å². The lowest BCUT2D eigenvalue weighted by Gasteiger charge is -2.45. The van der Waals surface area contributed by atoms with E-state index in [1.165, 1.54) is 18.7 Å². The molecule has 0 saturated carbocycles. The van der Waals surface area contributed by atoms with E-state index in [0.29, 0.717) is 12.1 Å². The first-order chi connectivity index (χ1) is 12.5. The lowest BCUT2D eigenvalue weighted by Crippen LogP contribution is -3.11. The predicted octanol–water partition coefficient (Wildman–Crippen LogP) is 0.132. The summed E-state index contributed by atoms with van der Waals surface area (Å²) in [6.45, 7) is 5.89. The molecule has 2 saturated heterocycles. The van der Waals surface area contributed by atoms with Crippen molar-refractivity contribution < 1.29 is 19.7 Å². The van der Waals surface area contributed by atoms with E-state index in [1.54, 1.807) is 11.8 Å². The highest BCUT2D eigenvalue weighted by Gasteiger charge is 2.46. The van der Waals surface area contributed by atoms with Gasteiger partial charge in [-0.05, 0) is 12.1 Å². The predicted molar refractivity (Wildman–Crippen MR) is 100 cm³/mol. The van der Waals surface area contributed by atoms with Crippen LogP contribution in [0.5, 0.6) is 5.75 Å². The third-order valence-electron chi connectivity index (χ3n) is 6.74. The molecule has 0 unspecified atom stereocenters. The number of ether oxygens (including phenoxy) is 1. The van der Waals surface area contributed by atoms with Crippen LogP contribution >= 0.6 is 0 Å². The van der Waals surface area contributed by atoms with Crippen LogP contribution in [0.4, 0.5) is 0 Å². The summed E-state index contributed by atoms with van der Waals surface area (Å²) in [6, 6.07) is 9.72. The first-order valence-electron chi connectivity index (χ1n) is 10.2. The van der Waals surface area contributed by atoms with E-state index in [9.17, 15) is 4.79 Å². The minimum atomic E-state index is 0.0229. The standard InChI is InChI=1S/C21H31N3O2/c1-16(25)24-11-7-17(8-12-24)22-19-15-21(9-13-23(2)14-10-21)26-20-6-4-3-5-18(19)20/h3-6,17,19,22H,7-15H2,1-2H3/p+2/t19-/m1/s1. The van der Waals surface area contributed by atoms with Crippen LogP contribution in [0.3, 0.4) is 0 Å². The van der Waals surface area contributed by atoms with Gasteiger partial charge in [0.25, 0.3) is 0 Å². The van der Waals surface area contributed by atoms with Crippen LogP contribution in [-0.4, -0.2) is 55.7 Å². The third-order valence-corrected chi connectivity index (χ3v) is 6.74. The molecular weight excluding hydrogens is 326 g/mol. The molecule has 1 aromatic carbocycles. The average molecular weight is 360 g/mol. The number of rotatable bonds is 2. The largest absolute Gasteiger partial charge is 0.486 e. The quantitative estimate of drug-likeness (QED) is 0.789. The molecule has 3 aliphatic rings. The molecule has 0 radical (unpaired) electrons. The van der Waals surface area contributed by atoms with Crippen LogP contribution in [0.15, 0.2) is 24.3 Å². The maximum atomic E-state index is 11.6. The zero-order valence-electron chi connectivity index (χ0n) is 16.2. The van der Waals surface area contributed by atoms with Gasteiger partial charge in [0.05, 0.1) is 31.7 Å². The van der Waals surface area contributed by atoms with Crippen molar-refractivity contribution in [2.45, 2.75) is 56.7 Å². The van der Waals surface area contributed by atoms with E-state index < -0.39 is 0 Å². The number of amides is 1. The molecule has 0 aliphatic carbocycles. The molecule has 3 aliphatic heterocycles. The normalized spacial score (nSPS) is 32.2. The lowest BCUT2D eigenvalue weighted by molar-refractivity contribution is -0.887. The number of nitrogens with two attached hydrogens (primary N) is 1. The SMILES string of the molecule is CC(=O)N1CCC([NH2+][C@@H]2CC3(CC[NH+](C)CC3)Oc3ccccc32)CC1. The van der Waals surface area contributed by atoms with Crippen molar-refractivity contribution in [2.75, 3.05) is 33.2 Å². The monoisotopic (exact) mass is 359 g/mol. The Morgan fingerprint density at radius 2 is 1.92 bits per heavy atom. The zero-order valence-corrected chi connectivity index (χ0v) is 16.2. The fourth-order valence-electron chi connectivity index (χ4n) is 5.01. The number of piperidine rings is 2. The Hall–Kier alpha value is -1.59. The lowest BCUT2D eigenvalue weighted by atomic mass is 9.80. The topological polar surface area (TPSA) is 50.6 Å². The summed E-state index contributed by atoms with van der Waals surface area (Å²) in [5, 5.41) is 2.59. The Morgan fingerprint density at radius 1 is 1.23 bits per heavy atom. The summed E-state index contributed by atoms with van der Waals surface area (Å²) in [6.07, 6.45) is 5.61. The molecule has 5 heteroatoms. The number of carbonyl (C=O) groups excluding carboxylic acids is 1. The van der Waals surface area contributed by atoms with Gasteiger partial charge in [-0.3, -0.25) is 4.79 Å². The highest BCUT2D eigenvalue weighted by molar-refractivity contribution is 5.73. The molecule has 0 aromatic heterocycles. The molecule has 3 heterocycles. The van der Waals surface area contributed by atoms with Crippen molar-refractivity contribution >= 4 is 5.91 Å². The molecule has 1 aromatic rings. The van der Waals surface area contributed by atoms with Crippen LogP contribution in [0.25, 0.3) is 0 Å². The first-order valence-corrected chi connectivity index (χ1v) is 10.2. The Balaban J connectivity index is 1.48. The number of fused-ring (bicyclic) bond motifs is 1. The molecule has 1 amide bonds. The van der Waals surface area contributed by atoms with Gasteiger partial charge in [0.15, 0.2) is 0 Å². The van der Waals surface area contributed by atoms with Crippen molar-refractivity contribution in [3.63, 3.8) is 0 Å². The fourth-order valence-corrected chi connectivity index (χ4v) is 5.01. The molecule has 1 spiro atoms. The van der Waals surface area contributed by atoms with Gasteiger partial charge in [-0.1, -0.05) is 12.1 Å². The Morgan fingerprint density at radius 3 is 2.62 bits per heavy atom. The number of benzene rings is 1. The Kier molecular flexibility index (Phi) is 4.93. The van der Waals surface area contributed by atoms with Gasteiger partial charge in [-0.2, -0.15) is 0 Å². The molecule has 1 atom stereocenters. The van der Waals surface area contributed by atoms with E-state index in [0.717, 1.165) is 50.9 Å². The van der Waals surface area contributed by atoms with Crippen molar-refractivity contribution in [1.82, 2.24) is 4.90 Å². The summed E-state index contributed by atoms with van der Waals surface area (Å²) in [7, 11) is 2.29. The maximum Gasteiger partial charge on any atom is 0.219 e. The van der Waals surface area contributed by atoms with Crippen molar-refractivity contribution in [2.24, 2.45) is 0 Å². The second-order valence-electron chi connectivity index (χ2n) is 8.63. The van der Waals surface area contributed by atoms with E-state index in [4.69, 9.17) is 4.74 Å². The summed E-state index contributed by atoms with van der Waals surface area (Å²) in [5.41, 5.74) is 1.38.